The van der Waals surface area contributed by atoms with E-state index in [1.165, 1.54) is 12.5 Å². The lowest BCUT2D eigenvalue weighted by Crippen LogP contribution is -2.45. The number of amides is 1. The highest BCUT2D eigenvalue weighted by Crippen LogP contribution is 2.50. The number of carbonyl (C=O) groups is 1. The van der Waals surface area contributed by atoms with E-state index in [1.54, 1.807) is 12.1 Å². The van der Waals surface area contributed by atoms with E-state index >= 15 is 0 Å². The molecular weight excluding hydrogens is 483 g/mol. The zero-order valence-electron chi connectivity index (χ0n) is 23.4. The van der Waals surface area contributed by atoms with Crippen LogP contribution in [0, 0.1) is 23.6 Å². The Balaban J connectivity index is 1.02. The number of piperidine rings is 1. The predicted molar refractivity (Wildman–Crippen MR) is 145 cm³/mol. The number of halogens is 1. The molecule has 0 N–H and O–H groups in total. The van der Waals surface area contributed by atoms with Gasteiger partial charge in [0.2, 0.25) is 5.91 Å². The van der Waals surface area contributed by atoms with Crippen molar-refractivity contribution in [1.29, 1.82) is 0 Å². The number of rotatable bonds is 10. The van der Waals surface area contributed by atoms with E-state index in [0.29, 0.717) is 29.9 Å². The SMILES string of the molecule is CC(C)c1noc(N2CCC([C@H]3C[C@H]3CCOc3ccc(CC(=O)N(C)C4(C)CCCC4)c(F)c3)CC2)n1. The molecule has 0 spiro atoms. The van der Waals surface area contributed by atoms with Crippen LogP contribution in [-0.4, -0.2) is 53.2 Å². The standard InChI is InChI=1S/C30H43FN4O3/c1-20(2)28-32-29(38-33-28)35-14-9-21(10-15-35)25-17-22(25)11-16-37-24-8-7-23(26(31)19-24)18-27(36)34(4)30(3)12-5-6-13-30/h7-8,19-22,25H,5-6,9-18H2,1-4H3/t22-,25-/m1/s1. The largest absolute Gasteiger partial charge is 0.493 e. The van der Waals surface area contributed by atoms with Crippen LogP contribution in [0.15, 0.2) is 22.7 Å². The Kier molecular flexibility index (Phi) is 7.96. The van der Waals surface area contributed by atoms with Crippen LogP contribution in [0.3, 0.4) is 0 Å². The molecule has 3 aliphatic rings. The average Bonchev–Trinajstić information content (AvgIpc) is 3.26. The van der Waals surface area contributed by atoms with Crippen LogP contribution in [0.2, 0.25) is 0 Å². The molecule has 2 aliphatic carbocycles. The van der Waals surface area contributed by atoms with E-state index in [1.807, 2.05) is 11.9 Å². The molecule has 38 heavy (non-hydrogen) atoms. The van der Waals surface area contributed by atoms with Crippen molar-refractivity contribution >= 4 is 11.9 Å². The molecular formula is C30H43FN4O3. The lowest BCUT2D eigenvalue weighted by molar-refractivity contribution is -0.134. The lowest BCUT2D eigenvalue weighted by atomic mass is 9.90. The summed E-state index contributed by atoms with van der Waals surface area (Å²) in [4.78, 5) is 21.4. The summed E-state index contributed by atoms with van der Waals surface area (Å²) in [5.74, 6) is 3.39. The van der Waals surface area contributed by atoms with Gasteiger partial charge in [-0.3, -0.25) is 4.79 Å². The summed E-state index contributed by atoms with van der Waals surface area (Å²) in [6.07, 6.45) is 8.99. The summed E-state index contributed by atoms with van der Waals surface area (Å²) in [5.41, 5.74) is 0.338. The van der Waals surface area contributed by atoms with E-state index in [2.05, 4.69) is 35.8 Å². The molecule has 2 atom stereocenters. The van der Waals surface area contributed by atoms with Crippen LogP contribution in [0.5, 0.6) is 5.75 Å². The van der Waals surface area contributed by atoms with E-state index in [4.69, 9.17) is 9.26 Å². The molecule has 208 valence electrons. The van der Waals surface area contributed by atoms with Crippen molar-refractivity contribution in [2.75, 3.05) is 31.6 Å². The Morgan fingerprint density at radius 3 is 2.66 bits per heavy atom. The van der Waals surface area contributed by atoms with Crippen molar-refractivity contribution in [3.05, 3.63) is 35.4 Å². The molecule has 0 radical (unpaired) electrons. The molecule has 0 bridgehead atoms. The van der Waals surface area contributed by atoms with Crippen LogP contribution in [0.1, 0.15) is 89.4 Å². The first-order chi connectivity index (χ1) is 18.2. The number of anilines is 1. The van der Waals surface area contributed by atoms with Crippen LogP contribution in [0.25, 0.3) is 0 Å². The maximum absolute atomic E-state index is 14.8. The van der Waals surface area contributed by atoms with Gasteiger partial charge in [-0.25, -0.2) is 4.39 Å². The third kappa shape index (κ3) is 5.99. The molecule has 1 amide bonds. The van der Waals surface area contributed by atoms with E-state index < -0.39 is 0 Å². The van der Waals surface area contributed by atoms with Crippen molar-refractivity contribution in [3.63, 3.8) is 0 Å². The van der Waals surface area contributed by atoms with Crippen molar-refractivity contribution in [2.45, 2.75) is 90.0 Å². The highest BCUT2D eigenvalue weighted by Gasteiger charge is 2.43. The van der Waals surface area contributed by atoms with Crippen LogP contribution in [0.4, 0.5) is 10.4 Å². The van der Waals surface area contributed by atoms with Crippen LogP contribution in [-0.2, 0) is 11.2 Å². The second-order valence-electron chi connectivity index (χ2n) is 12.3. The maximum Gasteiger partial charge on any atom is 0.324 e. The Labute approximate surface area is 226 Å². The fourth-order valence-electron chi connectivity index (χ4n) is 6.43. The molecule has 5 rings (SSSR count). The smallest absolute Gasteiger partial charge is 0.324 e. The molecule has 3 fully saturated rings. The maximum atomic E-state index is 14.8. The monoisotopic (exact) mass is 526 g/mol. The summed E-state index contributed by atoms with van der Waals surface area (Å²) in [6, 6.07) is 5.59. The molecule has 1 aliphatic heterocycles. The van der Waals surface area contributed by atoms with Gasteiger partial charge in [-0.15, -0.1) is 0 Å². The van der Waals surface area contributed by atoms with Crippen LogP contribution >= 0.6 is 0 Å². The number of hydrogen-bond donors (Lipinski definition) is 0. The number of benzene rings is 1. The van der Waals surface area contributed by atoms with E-state index in [9.17, 15) is 9.18 Å². The highest BCUT2D eigenvalue weighted by molar-refractivity contribution is 5.79. The molecule has 2 aromatic rings. The first kappa shape index (κ1) is 26.9. The second kappa shape index (κ2) is 11.2. The van der Waals surface area contributed by atoms with Gasteiger partial charge in [-0.1, -0.05) is 37.9 Å². The third-order valence-corrected chi connectivity index (χ3v) is 9.33. The number of hydrogen-bond acceptors (Lipinski definition) is 6. The molecule has 2 heterocycles. The average molecular weight is 527 g/mol. The Morgan fingerprint density at radius 2 is 2.00 bits per heavy atom. The summed E-state index contributed by atoms with van der Waals surface area (Å²) in [5, 5.41) is 4.09. The topological polar surface area (TPSA) is 71.7 Å². The molecule has 7 nitrogen and oxygen atoms in total. The highest BCUT2D eigenvalue weighted by atomic mass is 19.1. The number of aromatic nitrogens is 2. The number of carbonyl (C=O) groups excluding carboxylic acids is 1. The molecule has 1 saturated heterocycles. The first-order valence-corrected chi connectivity index (χ1v) is 14.5. The molecule has 2 saturated carbocycles. The zero-order valence-corrected chi connectivity index (χ0v) is 23.4. The Morgan fingerprint density at radius 1 is 1.26 bits per heavy atom. The van der Waals surface area contributed by atoms with Gasteiger partial charge in [0.05, 0.1) is 13.0 Å². The van der Waals surface area contributed by atoms with Crippen molar-refractivity contribution in [2.24, 2.45) is 17.8 Å². The fraction of sp³-hybridized carbons (Fsp3) is 0.700. The van der Waals surface area contributed by atoms with Gasteiger partial charge in [0.25, 0.3) is 0 Å². The minimum atomic E-state index is -0.362. The molecule has 1 aromatic carbocycles. The van der Waals surface area contributed by atoms with Crippen molar-refractivity contribution in [1.82, 2.24) is 15.0 Å². The molecule has 0 unspecified atom stereocenters. The summed E-state index contributed by atoms with van der Waals surface area (Å²) in [6.45, 7) is 8.81. The lowest BCUT2D eigenvalue weighted by Gasteiger charge is -2.35. The summed E-state index contributed by atoms with van der Waals surface area (Å²) >= 11 is 0. The number of ether oxygens (including phenoxy) is 1. The quantitative estimate of drug-likeness (QED) is 0.379. The normalized spacial score (nSPS) is 23.2. The van der Waals surface area contributed by atoms with Crippen molar-refractivity contribution in [3.8, 4) is 5.75 Å². The fourth-order valence-corrected chi connectivity index (χ4v) is 6.43. The van der Waals surface area contributed by atoms with Gasteiger partial charge in [0.1, 0.15) is 11.6 Å². The Bertz CT molecular complexity index is 1100. The van der Waals surface area contributed by atoms with Gasteiger partial charge >= 0.3 is 6.01 Å². The van der Waals surface area contributed by atoms with Gasteiger partial charge in [0.15, 0.2) is 5.82 Å². The van der Waals surface area contributed by atoms with Crippen LogP contribution < -0.4 is 9.64 Å². The minimum Gasteiger partial charge on any atom is -0.493 e. The summed E-state index contributed by atoms with van der Waals surface area (Å²) < 4.78 is 26.1. The van der Waals surface area contributed by atoms with E-state index in [0.717, 1.165) is 75.7 Å². The van der Waals surface area contributed by atoms with Gasteiger partial charge in [-0.2, -0.15) is 4.98 Å². The van der Waals surface area contributed by atoms with E-state index in [-0.39, 0.29) is 29.6 Å². The van der Waals surface area contributed by atoms with Gasteiger partial charge in [0, 0.05) is 37.7 Å². The first-order valence-electron chi connectivity index (χ1n) is 14.5. The zero-order chi connectivity index (χ0) is 26.9. The second-order valence-corrected chi connectivity index (χ2v) is 12.3. The van der Waals surface area contributed by atoms with Gasteiger partial charge < -0.3 is 19.1 Å². The number of nitrogens with zero attached hydrogens (tertiary/aromatic N) is 4. The minimum absolute atomic E-state index is 0.0232. The Hall–Kier alpha value is -2.64. The van der Waals surface area contributed by atoms with Gasteiger partial charge in [-0.05, 0) is 74.8 Å². The third-order valence-electron chi connectivity index (χ3n) is 9.33. The molecule has 1 aromatic heterocycles. The molecule has 8 heteroatoms. The van der Waals surface area contributed by atoms with Crippen molar-refractivity contribution < 1.29 is 18.4 Å². The predicted octanol–water partition coefficient (Wildman–Crippen LogP) is 5.99. The summed E-state index contributed by atoms with van der Waals surface area (Å²) in [7, 11) is 1.85. The number of likely N-dealkylation sites (N-methyl/N-ethyl adjacent to an activating group) is 1.